The highest BCUT2D eigenvalue weighted by Crippen LogP contribution is 2.21. The van der Waals surface area contributed by atoms with Crippen molar-refractivity contribution in [3.8, 4) is 16.8 Å². The molecule has 0 saturated heterocycles. The van der Waals surface area contributed by atoms with Crippen LogP contribution in [0.5, 0.6) is 0 Å². The maximum absolute atomic E-state index is 12.3. The molecule has 0 saturated carbocycles. The predicted molar refractivity (Wildman–Crippen MR) is 102 cm³/mol. The molecule has 1 aromatic heterocycles. The monoisotopic (exact) mass is 349 g/mol. The third kappa shape index (κ3) is 3.97. The van der Waals surface area contributed by atoms with Crippen LogP contribution in [-0.2, 0) is 0 Å². The SMILES string of the molecule is Cc1c(C(=O)NCCCCN)nnn1-c1ccc(-c2ccccc2)cc1. The molecule has 26 heavy (non-hydrogen) atoms. The van der Waals surface area contributed by atoms with Crippen LogP contribution in [0, 0.1) is 6.92 Å². The fraction of sp³-hybridized carbons (Fsp3) is 0.250. The Kier molecular flexibility index (Phi) is 5.76. The Morgan fingerprint density at radius 1 is 1.04 bits per heavy atom. The van der Waals surface area contributed by atoms with E-state index in [1.54, 1.807) is 4.68 Å². The number of amides is 1. The number of carbonyl (C=O) groups is 1. The zero-order valence-corrected chi connectivity index (χ0v) is 14.9. The summed E-state index contributed by atoms with van der Waals surface area (Å²) in [5, 5.41) is 11.0. The van der Waals surface area contributed by atoms with Crippen molar-refractivity contribution in [1.29, 1.82) is 0 Å². The summed E-state index contributed by atoms with van der Waals surface area (Å²) in [6.07, 6.45) is 1.75. The first-order valence-electron chi connectivity index (χ1n) is 8.77. The molecule has 3 N–H and O–H groups in total. The van der Waals surface area contributed by atoms with E-state index < -0.39 is 0 Å². The molecular formula is C20H23N5O. The lowest BCUT2D eigenvalue weighted by atomic mass is 10.1. The molecule has 1 heterocycles. The van der Waals surface area contributed by atoms with Crippen molar-refractivity contribution in [1.82, 2.24) is 20.3 Å². The van der Waals surface area contributed by atoms with Crippen molar-refractivity contribution < 1.29 is 4.79 Å². The van der Waals surface area contributed by atoms with Gasteiger partial charge in [-0.3, -0.25) is 4.79 Å². The minimum atomic E-state index is -0.202. The highest BCUT2D eigenvalue weighted by atomic mass is 16.2. The van der Waals surface area contributed by atoms with Crippen molar-refractivity contribution in [3.63, 3.8) is 0 Å². The van der Waals surface area contributed by atoms with Gasteiger partial charge in [-0.1, -0.05) is 47.7 Å². The lowest BCUT2D eigenvalue weighted by Crippen LogP contribution is -2.26. The van der Waals surface area contributed by atoms with Crippen LogP contribution < -0.4 is 11.1 Å². The zero-order chi connectivity index (χ0) is 18.4. The van der Waals surface area contributed by atoms with E-state index in [1.165, 1.54) is 0 Å². The topological polar surface area (TPSA) is 85.8 Å². The van der Waals surface area contributed by atoms with Gasteiger partial charge < -0.3 is 11.1 Å². The summed E-state index contributed by atoms with van der Waals surface area (Å²) in [5.41, 5.74) is 9.69. The average molecular weight is 349 g/mol. The Morgan fingerprint density at radius 3 is 2.42 bits per heavy atom. The van der Waals surface area contributed by atoms with E-state index in [9.17, 15) is 4.79 Å². The van der Waals surface area contributed by atoms with Crippen LogP contribution in [0.2, 0.25) is 0 Å². The van der Waals surface area contributed by atoms with Gasteiger partial charge >= 0.3 is 0 Å². The van der Waals surface area contributed by atoms with E-state index in [1.807, 2.05) is 49.4 Å². The van der Waals surface area contributed by atoms with Crippen molar-refractivity contribution in [2.45, 2.75) is 19.8 Å². The summed E-state index contributed by atoms with van der Waals surface area (Å²) in [7, 11) is 0. The summed E-state index contributed by atoms with van der Waals surface area (Å²) in [5.74, 6) is -0.202. The fourth-order valence-electron chi connectivity index (χ4n) is 2.76. The number of unbranched alkanes of at least 4 members (excludes halogenated alkanes) is 1. The second kappa shape index (κ2) is 8.40. The molecule has 0 bridgehead atoms. The molecule has 0 aliphatic heterocycles. The molecule has 0 aliphatic carbocycles. The van der Waals surface area contributed by atoms with Gasteiger partial charge in [-0.15, -0.1) is 5.10 Å². The smallest absolute Gasteiger partial charge is 0.273 e. The van der Waals surface area contributed by atoms with Crippen LogP contribution >= 0.6 is 0 Å². The maximum atomic E-state index is 12.3. The number of aromatic nitrogens is 3. The van der Waals surface area contributed by atoms with Gasteiger partial charge in [0.1, 0.15) is 0 Å². The first-order chi connectivity index (χ1) is 12.7. The van der Waals surface area contributed by atoms with E-state index in [0.29, 0.717) is 24.5 Å². The van der Waals surface area contributed by atoms with Crippen LogP contribution in [0.15, 0.2) is 54.6 Å². The van der Waals surface area contributed by atoms with Crippen molar-refractivity contribution in [2.75, 3.05) is 13.1 Å². The van der Waals surface area contributed by atoms with Crippen LogP contribution in [0.1, 0.15) is 29.0 Å². The molecule has 2 aromatic carbocycles. The number of nitrogens with two attached hydrogens (primary N) is 1. The maximum Gasteiger partial charge on any atom is 0.273 e. The van der Waals surface area contributed by atoms with E-state index in [4.69, 9.17) is 5.73 Å². The molecule has 0 spiro atoms. The van der Waals surface area contributed by atoms with E-state index in [-0.39, 0.29) is 5.91 Å². The molecule has 1 amide bonds. The zero-order valence-electron chi connectivity index (χ0n) is 14.9. The molecule has 6 heteroatoms. The van der Waals surface area contributed by atoms with Gasteiger partial charge in [-0.05, 0) is 49.6 Å². The second-order valence-corrected chi connectivity index (χ2v) is 6.10. The van der Waals surface area contributed by atoms with Crippen molar-refractivity contribution in [2.24, 2.45) is 5.73 Å². The predicted octanol–water partition coefficient (Wildman–Crippen LogP) is 2.71. The van der Waals surface area contributed by atoms with E-state index >= 15 is 0 Å². The Balaban J connectivity index is 1.74. The number of hydrogen-bond acceptors (Lipinski definition) is 4. The summed E-state index contributed by atoms with van der Waals surface area (Å²) < 4.78 is 1.68. The van der Waals surface area contributed by atoms with Gasteiger partial charge in [0.25, 0.3) is 5.91 Å². The lowest BCUT2D eigenvalue weighted by molar-refractivity contribution is 0.0947. The Morgan fingerprint density at radius 2 is 1.73 bits per heavy atom. The number of hydrogen-bond donors (Lipinski definition) is 2. The minimum absolute atomic E-state index is 0.202. The third-order valence-corrected chi connectivity index (χ3v) is 4.25. The van der Waals surface area contributed by atoms with E-state index in [0.717, 1.165) is 29.7 Å². The van der Waals surface area contributed by atoms with Gasteiger partial charge in [0.05, 0.1) is 11.4 Å². The first-order valence-corrected chi connectivity index (χ1v) is 8.77. The fourth-order valence-corrected chi connectivity index (χ4v) is 2.76. The summed E-state index contributed by atoms with van der Waals surface area (Å²) >= 11 is 0. The first kappa shape index (κ1) is 17.8. The van der Waals surface area contributed by atoms with Gasteiger partial charge in [0.15, 0.2) is 5.69 Å². The molecule has 0 atom stereocenters. The average Bonchev–Trinajstić information content (AvgIpc) is 3.07. The highest BCUT2D eigenvalue weighted by Gasteiger charge is 2.16. The number of benzene rings is 2. The third-order valence-electron chi connectivity index (χ3n) is 4.25. The molecule has 0 unspecified atom stereocenters. The molecule has 134 valence electrons. The quantitative estimate of drug-likeness (QED) is 0.642. The lowest BCUT2D eigenvalue weighted by Gasteiger charge is -2.06. The van der Waals surface area contributed by atoms with Crippen molar-refractivity contribution in [3.05, 3.63) is 66.0 Å². The normalized spacial score (nSPS) is 10.7. The number of rotatable bonds is 7. The Bertz CT molecular complexity index is 856. The highest BCUT2D eigenvalue weighted by molar-refractivity contribution is 5.93. The van der Waals surface area contributed by atoms with Gasteiger partial charge in [0, 0.05) is 6.54 Å². The van der Waals surface area contributed by atoms with Gasteiger partial charge in [-0.25, -0.2) is 4.68 Å². The molecule has 3 rings (SSSR count). The number of nitrogens with one attached hydrogen (secondary N) is 1. The molecule has 0 aliphatic rings. The van der Waals surface area contributed by atoms with Crippen LogP contribution in [-0.4, -0.2) is 34.0 Å². The van der Waals surface area contributed by atoms with Crippen LogP contribution in [0.25, 0.3) is 16.8 Å². The molecule has 3 aromatic rings. The summed E-state index contributed by atoms with van der Waals surface area (Å²) in [6, 6.07) is 18.2. The van der Waals surface area contributed by atoms with Crippen LogP contribution in [0.3, 0.4) is 0 Å². The van der Waals surface area contributed by atoms with Crippen molar-refractivity contribution >= 4 is 5.91 Å². The standard InChI is InChI=1S/C20H23N5O/c1-15-19(20(26)22-14-6-5-13-21)23-24-25(15)18-11-9-17(10-12-18)16-7-3-2-4-8-16/h2-4,7-12H,5-6,13-14,21H2,1H3,(H,22,26). The molecule has 0 fully saturated rings. The largest absolute Gasteiger partial charge is 0.351 e. The summed E-state index contributed by atoms with van der Waals surface area (Å²) in [4.78, 5) is 12.3. The molecular weight excluding hydrogens is 326 g/mol. The second-order valence-electron chi connectivity index (χ2n) is 6.10. The van der Waals surface area contributed by atoms with Gasteiger partial charge in [0.2, 0.25) is 0 Å². The number of nitrogens with zero attached hydrogens (tertiary/aromatic N) is 3. The van der Waals surface area contributed by atoms with Gasteiger partial charge in [-0.2, -0.15) is 0 Å². The Labute approximate surface area is 153 Å². The Hall–Kier alpha value is -2.99. The van der Waals surface area contributed by atoms with E-state index in [2.05, 4.69) is 27.8 Å². The summed E-state index contributed by atoms with van der Waals surface area (Å²) in [6.45, 7) is 3.07. The van der Waals surface area contributed by atoms with Crippen LogP contribution in [0.4, 0.5) is 0 Å². The molecule has 0 radical (unpaired) electrons. The number of carbonyl (C=O) groups excluding carboxylic acids is 1. The molecule has 6 nitrogen and oxygen atoms in total. The minimum Gasteiger partial charge on any atom is -0.351 e.